The van der Waals surface area contributed by atoms with E-state index in [1.165, 1.54) is 0 Å². The van der Waals surface area contributed by atoms with Gasteiger partial charge in [0.1, 0.15) is 12.1 Å². The molecule has 0 fully saturated rings. The van der Waals surface area contributed by atoms with Crippen molar-refractivity contribution < 1.29 is 29.4 Å². The number of aryl methyl sites for hydroxylation is 1. The monoisotopic (exact) mass is 441 g/mol. The highest BCUT2D eigenvalue weighted by Crippen LogP contribution is 2.10. The molecular weight excluding hydrogens is 414 g/mol. The number of amides is 2. The third-order valence-electron chi connectivity index (χ3n) is 4.90. The fourth-order valence-electron chi connectivity index (χ4n) is 3.22. The van der Waals surface area contributed by atoms with Crippen LogP contribution in [0.25, 0.3) is 0 Å². The van der Waals surface area contributed by atoms with Gasteiger partial charge in [-0.15, -0.1) is 0 Å². The van der Waals surface area contributed by atoms with Gasteiger partial charge in [-0.3, -0.25) is 24.5 Å². The van der Waals surface area contributed by atoms with Crippen molar-refractivity contribution in [1.29, 1.82) is 0 Å². The first-order chi connectivity index (χ1) is 15.3. The number of carbonyl (C=O) groups excluding carboxylic acids is 2. The van der Waals surface area contributed by atoms with E-state index in [-0.39, 0.29) is 12.8 Å². The molecule has 9 nitrogen and oxygen atoms in total. The van der Waals surface area contributed by atoms with E-state index in [0.29, 0.717) is 6.42 Å². The summed E-state index contributed by atoms with van der Waals surface area (Å²) in [6, 6.07) is 14.8. The minimum Gasteiger partial charge on any atom is -0.481 e. The molecule has 2 rings (SSSR count). The maximum atomic E-state index is 12.9. The SMILES string of the molecule is NC(=O)[C@H](CC(=O)O)NC(=O)[C@H](Cc1ccccc1)NC(CCc1ccccc1)C(=O)O. The van der Waals surface area contributed by atoms with Crippen LogP contribution in [-0.4, -0.2) is 52.1 Å². The normalized spacial score (nSPS) is 13.5. The van der Waals surface area contributed by atoms with Gasteiger partial charge < -0.3 is 21.3 Å². The van der Waals surface area contributed by atoms with Crippen LogP contribution in [-0.2, 0) is 32.0 Å². The van der Waals surface area contributed by atoms with Crippen molar-refractivity contribution in [3.8, 4) is 0 Å². The number of primary amides is 1. The van der Waals surface area contributed by atoms with Crippen LogP contribution < -0.4 is 16.4 Å². The summed E-state index contributed by atoms with van der Waals surface area (Å²) < 4.78 is 0. The smallest absolute Gasteiger partial charge is 0.320 e. The van der Waals surface area contributed by atoms with Gasteiger partial charge in [-0.2, -0.15) is 0 Å². The second kappa shape index (κ2) is 12.2. The Bertz CT molecular complexity index is 920. The Morgan fingerprint density at radius 3 is 1.88 bits per heavy atom. The second-order valence-corrected chi connectivity index (χ2v) is 7.39. The second-order valence-electron chi connectivity index (χ2n) is 7.39. The molecule has 9 heteroatoms. The summed E-state index contributed by atoms with van der Waals surface area (Å²) in [5, 5.41) is 23.8. The highest BCUT2D eigenvalue weighted by molar-refractivity contribution is 5.91. The van der Waals surface area contributed by atoms with Gasteiger partial charge >= 0.3 is 11.9 Å². The molecule has 32 heavy (non-hydrogen) atoms. The van der Waals surface area contributed by atoms with Gasteiger partial charge in [-0.25, -0.2) is 0 Å². The minimum atomic E-state index is -1.41. The Morgan fingerprint density at radius 2 is 1.38 bits per heavy atom. The maximum Gasteiger partial charge on any atom is 0.320 e. The largest absolute Gasteiger partial charge is 0.481 e. The third kappa shape index (κ3) is 8.19. The van der Waals surface area contributed by atoms with Crippen LogP contribution in [0.2, 0.25) is 0 Å². The van der Waals surface area contributed by atoms with Gasteiger partial charge in [0.25, 0.3) is 0 Å². The van der Waals surface area contributed by atoms with Crippen LogP contribution in [0.5, 0.6) is 0 Å². The molecule has 0 spiro atoms. The summed E-state index contributed by atoms with van der Waals surface area (Å²) in [6.45, 7) is 0. The number of aliphatic carboxylic acids is 2. The molecule has 0 heterocycles. The average molecular weight is 441 g/mol. The lowest BCUT2D eigenvalue weighted by atomic mass is 10.0. The summed E-state index contributed by atoms with van der Waals surface area (Å²) in [7, 11) is 0. The number of carboxylic acids is 2. The standard InChI is InChI=1S/C23H27N3O6/c24-21(29)18(14-20(27)28)26-22(30)19(13-16-9-5-2-6-10-16)25-17(23(31)32)12-11-15-7-3-1-4-8-15/h1-10,17-19,25H,11-14H2,(H2,24,29)(H,26,30)(H,27,28)(H,31,32)/t17?,18-,19-/m0/s1. The molecule has 0 saturated carbocycles. The van der Waals surface area contributed by atoms with Gasteiger partial charge in [0, 0.05) is 0 Å². The molecule has 2 aromatic carbocycles. The fraction of sp³-hybridized carbons (Fsp3) is 0.304. The van der Waals surface area contributed by atoms with Gasteiger partial charge in [-0.05, 0) is 30.4 Å². The molecule has 2 amide bonds. The van der Waals surface area contributed by atoms with E-state index in [2.05, 4.69) is 10.6 Å². The number of hydrogen-bond acceptors (Lipinski definition) is 5. The van der Waals surface area contributed by atoms with Gasteiger partial charge in [0.15, 0.2) is 0 Å². The molecule has 170 valence electrons. The molecule has 0 aromatic heterocycles. The molecule has 0 aliphatic heterocycles. The zero-order valence-electron chi connectivity index (χ0n) is 17.4. The van der Waals surface area contributed by atoms with Crippen molar-refractivity contribution in [2.75, 3.05) is 0 Å². The number of rotatable bonds is 13. The number of carboxylic acid groups (broad SMARTS) is 2. The Labute approximate surface area is 185 Å². The molecule has 0 aliphatic rings. The molecule has 0 saturated heterocycles. The lowest BCUT2D eigenvalue weighted by molar-refractivity contribution is -0.140. The summed E-state index contributed by atoms with van der Waals surface area (Å²) >= 11 is 0. The van der Waals surface area contributed by atoms with Gasteiger partial charge in [0.05, 0.1) is 12.5 Å². The Hall–Kier alpha value is -3.72. The summed E-state index contributed by atoms with van der Waals surface area (Å²) in [6.07, 6.45) is 0.176. The lowest BCUT2D eigenvalue weighted by Crippen LogP contribution is -2.56. The van der Waals surface area contributed by atoms with E-state index in [1.807, 2.05) is 36.4 Å². The number of benzene rings is 2. The molecule has 0 aliphatic carbocycles. The quantitative estimate of drug-likeness (QED) is 0.306. The minimum absolute atomic E-state index is 0.139. The van der Waals surface area contributed by atoms with Crippen molar-refractivity contribution in [3.63, 3.8) is 0 Å². The molecule has 2 aromatic rings. The zero-order valence-corrected chi connectivity index (χ0v) is 17.4. The fourth-order valence-corrected chi connectivity index (χ4v) is 3.22. The van der Waals surface area contributed by atoms with Crippen LogP contribution in [0.3, 0.4) is 0 Å². The summed E-state index contributed by atoms with van der Waals surface area (Å²) in [4.78, 5) is 47.3. The summed E-state index contributed by atoms with van der Waals surface area (Å²) in [5.74, 6) is -4.11. The summed E-state index contributed by atoms with van der Waals surface area (Å²) in [5.41, 5.74) is 6.94. The Morgan fingerprint density at radius 1 is 0.812 bits per heavy atom. The first kappa shape index (κ1) is 24.5. The van der Waals surface area contributed by atoms with Crippen LogP contribution in [0.1, 0.15) is 24.0 Å². The van der Waals surface area contributed by atoms with Crippen molar-refractivity contribution >= 4 is 23.8 Å². The van der Waals surface area contributed by atoms with E-state index in [4.69, 9.17) is 10.8 Å². The number of nitrogens with one attached hydrogen (secondary N) is 2. The molecule has 1 unspecified atom stereocenters. The third-order valence-corrected chi connectivity index (χ3v) is 4.90. The van der Waals surface area contributed by atoms with E-state index >= 15 is 0 Å². The van der Waals surface area contributed by atoms with Crippen molar-refractivity contribution in [3.05, 3.63) is 71.8 Å². The maximum absolute atomic E-state index is 12.9. The Kier molecular flexibility index (Phi) is 9.37. The van der Waals surface area contributed by atoms with Crippen molar-refractivity contribution in [2.45, 2.75) is 43.8 Å². The van der Waals surface area contributed by atoms with E-state index < -0.39 is 48.3 Å². The van der Waals surface area contributed by atoms with E-state index in [0.717, 1.165) is 11.1 Å². The van der Waals surface area contributed by atoms with E-state index in [1.54, 1.807) is 24.3 Å². The topological polar surface area (TPSA) is 159 Å². The number of carbonyl (C=O) groups is 4. The number of hydrogen-bond donors (Lipinski definition) is 5. The molecule has 6 N–H and O–H groups in total. The highest BCUT2D eigenvalue weighted by atomic mass is 16.4. The first-order valence-corrected chi connectivity index (χ1v) is 10.1. The predicted octanol–water partition coefficient (Wildman–Crippen LogP) is 0.718. The van der Waals surface area contributed by atoms with E-state index in [9.17, 15) is 24.3 Å². The van der Waals surface area contributed by atoms with Crippen molar-refractivity contribution in [1.82, 2.24) is 10.6 Å². The molecule has 0 radical (unpaired) electrons. The number of nitrogens with two attached hydrogens (primary N) is 1. The van der Waals surface area contributed by atoms with Crippen LogP contribution in [0, 0.1) is 0 Å². The van der Waals surface area contributed by atoms with Crippen LogP contribution in [0.15, 0.2) is 60.7 Å². The highest BCUT2D eigenvalue weighted by Gasteiger charge is 2.29. The first-order valence-electron chi connectivity index (χ1n) is 10.1. The van der Waals surface area contributed by atoms with Crippen LogP contribution >= 0.6 is 0 Å². The molecular formula is C23H27N3O6. The van der Waals surface area contributed by atoms with Crippen molar-refractivity contribution in [2.24, 2.45) is 5.73 Å². The lowest BCUT2D eigenvalue weighted by Gasteiger charge is -2.25. The predicted molar refractivity (Wildman–Crippen MR) is 117 cm³/mol. The van der Waals surface area contributed by atoms with Gasteiger partial charge in [0.2, 0.25) is 11.8 Å². The molecule has 0 bridgehead atoms. The van der Waals surface area contributed by atoms with Crippen LogP contribution in [0.4, 0.5) is 0 Å². The molecule has 3 atom stereocenters. The zero-order chi connectivity index (χ0) is 23.5. The Balaban J connectivity index is 2.17. The van der Waals surface area contributed by atoms with Gasteiger partial charge in [-0.1, -0.05) is 60.7 Å². The average Bonchev–Trinajstić information content (AvgIpc) is 2.76.